The molecule has 0 bridgehead atoms. The molecule has 1 aromatic carbocycles. The Bertz CT molecular complexity index is 719. The zero-order valence-corrected chi connectivity index (χ0v) is 15.8. The molecule has 0 heterocycles. The summed E-state index contributed by atoms with van der Waals surface area (Å²) in [4.78, 5) is 23.2. The van der Waals surface area contributed by atoms with Gasteiger partial charge < -0.3 is 19.9 Å². The molecule has 1 unspecified atom stereocenters. The van der Waals surface area contributed by atoms with Gasteiger partial charge in [-0.15, -0.1) is 0 Å². The Labute approximate surface area is 152 Å². The molecule has 0 fully saturated rings. The Morgan fingerprint density at radius 3 is 2.35 bits per heavy atom. The summed E-state index contributed by atoms with van der Waals surface area (Å²) in [7, 11) is -2.47. The number of benzene rings is 1. The van der Waals surface area contributed by atoms with E-state index in [2.05, 4.69) is 10.0 Å². The van der Waals surface area contributed by atoms with E-state index < -0.39 is 27.4 Å². The summed E-state index contributed by atoms with van der Waals surface area (Å²) in [5, 5.41) is 11.5. The van der Waals surface area contributed by atoms with Crippen molar-refractivity contribution in [3.05, 3.63) is 24.3 Å². The van der Waals surface area contributed by atoms with E-state index in [4.69, 9.17) is 14.6 Å². The Hall–Kier alpha value is -2.17. The average Bonchev–Trinajstić information content (AvgIpc) is 2.55. The fourth-order valence-corrected chi connectivity index (χ4v) is 3.11. The fraction of sp³-hybridized carbons (Fsp3) is 0.500. The van der Waals surface area contributed by atoms with Crippen LogP contribution in [0.1, 0.15) is 20.3 Å². The highest BCUT2D eigenvalue weighted by Crippen LogP contribution is 2.15. The molecular weight excluding hydrogens is 364 g/mol. The van der Waals surface area contributed by atoms with Crippen molar-refractivity contribution >= 4 is 21.9 Å². The molecule has 0 aromatic heterocycles. The summed E-state index contributed by atoms with van der Waals surface area (Å²) in [6.07, 6.45) is -0.219. The maximum absolute atomic E-state index is 12.2. The van der Waals surface area contributed by atoms with Gasteiger partial charge in [0.25, 0.3) is 0 Å². The summed E-state index contributed by atoms with van der Waals surface area (Å²) in [6.45, 7) is 3.20. The number of sulfonamides is 1. The largest absolute Gasteiger partial charge is 0.494 e. The monoisotopic (exact) mass is 388 g/mol. The molecular formula is C16H24N2O7S. The molecule has 0 aliphatic rings. The van der Waals surface area contributed by atoms with Gasteiger partial charge in [-0.1, -0.05) is 0 Å². The highest BCUT2D eigenvalue weighted by atomic mass is 32.2. The zero-order chi connectivity index (χ0) is 19.8. The molecule has 0 aliphatic heterocycles. The molecule has 0 spiro atoms. The maximum atomic E-state index is 12.2. The maximum Gasteiger partial charge on any atom is 0.331 e. The number of hydrogen-bond acceptors (Lipinski definition) is 6. The van der Waals surface area contributed by atoms with Crippen LogP contribution in [-0.4, -0.2) is 57.8 Å². The lowest BCUT2D eigenvalue weighted by molar-refractivity contribution is -0.149. The molecule has 0 saturated heterocycles. The first-order valence-electron chi connectivity index (χ1n) is 7.90. The van der Waals surface area contributed by atoms with Gasteiger partial charge >= 0.3 is 5.97 Å². The molecule has 1 atom stereocenters. The van der Waals surface area contributed by atoms with Crippen LogP contribution >= 0.6 is 0 Å². The van der Waals surface area contributed by atoms with Gasteiger partial charge in [-0.3, -0.25) is 4.79 Å². The van der Waals surface area contributed by atoms with Gasteiger partial charge in [0.05, 0.1) is 18.1 Å². The number of aliphatic carboxylic acids is 1. The third kappa shape index (κ3) is 6.28. The van der Waals surface area contributed by atoms with Crippen molar-refractivity contribution in [3.8, 4) is 5.75 Å². The minimum atomic E-state index is -3.78. The lowest BCUT2D eigenvalue weighted by Gasteiger charge is -2.25. The van der Waals surface area contributed by atoms with Crippen LogP contribution in [0.4, 0.5) is 0 Å². The summed E-state index contributed by atoms with van der Waals surface area (Å²) in [6, 6.07) is 5.86. The van der Waals surface area contributed by atoms with E-state index in [1.807, 2.05) is 6.92 Å². The van der Waals surface area contributed by atoms with Crippen molar-refractivity contribution in [1.82, 2.24) is 10.0 Å². The molecule has 1 aromatic rings. The van der Waals surface area contributed by atoms with E-state index in [0.29, 0.717) is 12.4 Å². The molecule has 10 heteroatoms. The molecule has 0 saturated carbocycles. The molecule has 26 heavy (non-hydrogen) atoms. The minimum absolute atomic E-state index is 0.0381. The number of ether oxygens (including phenoxy) is 2. The van der Waals surface area contributed by atoms with E-state index in [1.165, 1.54) is 38.3 Å². The topological polar surface area (TPSA) is 131 Å². The fourth-order valence-electron chi connectivity index (χ4n) is 2.07. The van der Waals surface area contributed by atoms with Crippen molar-refractivity contribution in [3.63, 3.8) is 0 Å². The number of amides is 1. The normalized spacial score (nSPS) is 13.7. The van der Waals surface area contributed by atoms with Crippen LogP contribution in [0.3, 0.4) is 0 Å². The second kappa shape index (κ2) is 9.51. The van der Waals surface area contributed by atoms with Crippen molar-refractivity contribution in [2.24, 2.45) is 0 Å². The number of carbonyl (C=O) groups is 2. The van der Waals surface area contributed by atoms with Crippen LogP contribution in [0, 0.1) is 0 Å². The van der Waals surface area contributed by atoms with Gasteiger partial charge in [0.15, 0.2) is 5.54 Å². The number of carbonyl (C=O) groups excluding carboxylic acids is 1. The number of methoxy groups -OCH3 is 1. The Kier molecular flexibility index (Phi) is 8.00. The van der Waals surface area contributed by atoms with Gasteiger partial charge in [-0.25, -0.2) is 17.9 Å². The summed E-state index contributed by atoms with van der Waals surface area (Å²) < 4.78 is 36.7. The average molecular weight is 388 g/mol. The summed E-state index contributed by atoms with van der Waals surface area (Å²) in [5.41, 5.74) is -1.58. The smallest absolute Gasteiger partial charge is 0.331 e. The van der Waals surface area contributed by atoms with Gasteiger partial charge in [-0.05, 0) is 38.1 Å². The van der Waals surface area contributed by atoms with Crippen LogP contribution in [-0.2, 0) is 24.3 Å². The molecule has 146 valence electrons. The molecule has 3 N–H and O–H groups in total. The van der Waals surface area contributed by atoms with E-state index in [0.717, 1.165) is 0 Å². The quantitative estimate of drug-likeness (QED) is 0.499. The van der Waals surface area contributed by atoms with Gasteiger partial charge in [0.2, 0.25) is 15.9 Å². The predicted molar refractivity (Wildman–Crippen MR) is 93.5 cm³/mol. The van der Waals surface area contributed by atoms with E-state index in [-0.39, 0.29) is 24.5 Å². The lowest BCUT2D eigenvalue weighted by Crippen LogP contribution is -2.55. The first-order valence-corrected chi connectivity index (χ1v) is 9.39. The third-order valence-corrected chi connectivity index (χ3v) is 4.89. The summed E-state index contributed by atoms with van der Waals surface area (Å²) >= 11 is 0. The standard InChI is InChI=1S/C16H24N2O7S/c1-4-25-12-5-7-13(8-6-12)26(22,23)17-10-9-14(19)18-16(2,11-24-3)15(20)21/h5-8,17H,4,9-11H2,1-3H3,(H,18,19)(H,20,21). The molecule has 1 amide bonds. The first-order chi connectivity index (χ1) is 12.1. The van der Waals surface area contributed by atoms with Crippen LogP contribution in [0.2, 0.25) is 0 Å². The lowest BCUT2D eigenvalue weighted by atomic mass is 10.0. The van der Waals surface area contributed by atoms with Crippen molar-refractivity contribution in [2.45, 2.75) is 30.7 Å². The van der Waals surface area contributed by atoms with E-state index in [9.17, 15) is 18.0 Å². The second-order valence-corrected chi connectivity index (χ2v) is 7.44. The Balaban J connectivity index is 2.60. The highest BCUT2D eigenvalue weighted by Gasteiger charge is 2.34. The van der Waals surface area contributed by atoms with E-state index in [1.54, 1.807) is 0 Å². The Morgan fingerprint density at radius 2 is 1.85 bits per heavy atom. The SMILES string of the molecule is CCOc1ccc(S(=O)(=O)NCCC(=O)NC(C)(COC)C(=O)O)cc1. The number of carboxylic acid groups (broad SMARTS) is 1. The first kappa shape index (κ1) is 21.9. The number of carboxylic acids is 1. The van der Waals surface area contributed by atoms with Gasteiger partial charge in [-0.2, -0.15) is 0 Å². The number of rotatable bonds is 11. The summed E-state index contributed by atoms with van der Waals surface area (Å²) in [5.74, 6) is -1.30. The second-order valence-electron chi connectivity index (χ2n) is 5.67. The molecule has 0 radical (unpaired) electrons. The third-order valence-electron chi connectivity index (χ3n) is 3.41. The van der Waals surface area contributed by atoms with Crippen LogP contribution < -0.4 is 14.8 Å². The van der Waals surface area contributed by atoms with Crippen LogP contribution in [0.15, 0.2) is 29.2 Å². The zero-order valence-electron chi connectivity index (χ0n) is 14.9. The van der Waals surface area contributed by atoms with Crippen molar-refractivity contribution in [1.29, 1.82) is 0 Å². The highest BCUT2D eigenvalue weighted by molar-refractivity contribution is 7.89. The molecule has 1 rings (SSSR count). The van der Waals surface area contributed by atoms with E-state index >= 15 is 0 Å². The predicted octanol–water partition coefficient (Wildman–Crippen LogP) is 0.360. The van der Waals surface area contributed by atoms with Crippen LogP contribution in [0.5, 0.6) is 5.75 Å². The molecule has 0 aliphatic carbocycles. The van der Waals surface area contributed by atoms with Crippen molar-refractivity contribution < 1.29 is 32.6 Å². The van der Waals surface area contributed by atoms with Gasteiger partial charge in [0, 0.05) is 20.1 Å². The molecule has 9 nitrogen and oxygen atoms in total. The Morgan fingerprint density at radius 1 is 1.23 bits per heavy atom. The van der Waals surface area contributed by atoms with Crippen molar-refractivity contribution in [2.75, 3.05) is 26.9 Å². The minimum Gasteiger partial charge on any atom is -0.494 e. The number of nitrogens with one attached hydrogen (secondary N) is 2. The van der Waals surface area contributed by atoms with Gasteiger partial charge in [0.1, 0.15) is 5.75 Å². The number of hydrogen-bond donors (Lipinski definition) is 3. The van der Waals surface area contributed by atoms with Crippen LogP contribution in [0.25, 0.3) is 0 Å².